The lowest BCUT2D eigenvalue weighted by Gasteiger charge is -2.38. The van der Waals surface area contributed by atoms with Crippen molar-refractivity contribution in [2.75, 3.05) is 26.8 Å². The molecule has 0 radical (unpaired) electrons. The quantitative estimate of drug-likeness (QED) is 0.782. The molecule has 0 bridgehead atoms. The van der Waals surface area contributed by atoms with Crippen molar-refractivity contribution in [1.29, 1.82) is 0 Å². The molecule has 3 amide bonds. The summed E-state index contributed by atoms with van der Waals surface area (Å²) in [5.41, 5.74) is 0.553. The van der Waals surface area contributed by atoms with E-state index < -0.39 is 5.72 Å². The van der Waals surface area contributed by atoms with Crippen LogP contribution in [-0.4, -0.2) is 61.2 Å². The number of benzene rings is 1. The molecule has 0 unspecified atom stereocenters. The van der Waals surface area contributed by atoms with Gasteiger partial charge in [0.1, 0.15) is 5.75 Å². The Bertz CT molecular complexity index is 781. The molecular formula is C20H27N3O5. The highest BCUT2D eigenvalue weighted by molar-refractivity contribution is 5.98. The number of carbonyl (C=O) groups is 3. The van der Waals surface area contributed by atoms with E-state index in [0.717, 1.165) is 5.56 Å². The van der Waals surface area contributed by atoms with Crippen LogP contribution in [0.25, 0.3) is 0 Å². The maximum Gasteiger partial charge on any atom is 0.258 e. The second-order valence-corrected chi connectivity index (χ2v) is 7.54. The summed E-state index contributed by atoms with van der Waals surface area (Å²) in [4.78, 5) is 38.8. The monoisotopic (exact) mass is 389 g/mol. The minimum atomic E-state index is -0.927. The Balaban J connectivity index is 1.67. The van der Waals surface area contributed by atoms with E-state index in [4.69, 9.17) is 9.47 Å². The predicted molar refractivity (Wildman–Crippen MR) is 102 cm³/mol. The number of nitrogens with zero attached hydrogens (tertiary/aromatic N) is 1. The van der Waals surface area contributed by atoms with Crippen molar-refractivity contribution >= 4 is 17.7 Å². The van der Waals surface area contributed by atoms with E-state index in [1.165, 1.54) is 4.90 Å². The summed E-state index contributed by atoms with van der Waals surface area (Å²) in [6.45, 7) is 4.46. The Hall–Kier alpha value is -2.61. The highest BCUT2D eigenvalue weighted by Gasteiger charge is 2.42. The number of amides is 3. The minimum absolute atomic E-state index is 0.0211. The van der Waals surface area contributed by atoms with Gasteiger partial charge in [0.15, 0.2) is 5.72 Å². The summed E-state index contributed by atoms with van der Waals surface area (Å²) < 4.78 is 11.1. The molecule has 8 heteroatoms. The first-order valence-electron chi connectivity index (χ1n) is 9.50. The van der Waals surface area contributed by atoms with Crippen LogP contribution in [0.2, 0.25) is 0 Å². The molecule has 152 valence electrons. The van der Waals surface area contributed by atoms with E-state index in [1.54, 1.807) is 19.2 Å². The number of methoxy groups -OCH3 is 1. The zero-order chi connectivity index (χ0) is 20.3. The topological polar surface area (TPSA) is 97.0 Å². The molecule has 28 heavy (non-hydrogen) atoms. The van der Waals surface area contributed by atoms with E-state index in [0.29, 0.717) is 37.3 Å². The lowest BCUT2D eigenvalue weighted by molar-refractivity contribution is -0.135. The third-order valence-corrected chi connectivity index (χ3v) is 5.07. The van der Waals surface area contributed by atoms with Gasteiger partial charge in [0.25, 0.3) is 5.91 Å². The first-order valence-corrected chi connectivity index (χ1v) is 9.50. The summed E-state index contributed by atoms with van der Waals surface area (Å²) in [5.74, 6) is -0.0272. The summed E-state index contributed by atoms with van der Waals surface area (Å²) in [7, 11) is 1.57. The Morgan fingerprint density at radius 1 is 1.39 bits per heavy atom. The summed E-state index contributed by atoms with van der Waals surface area (Å²) in [6, 6.07) is 5.34. The number of carbonyl (C=O) groups excluding carboxylic acids is 3. The van der Waals surface area contributed by atoms with E-state index in [9.17, 15) is 14.4 Å². The fourth-order valence-electron chi connectivity index (χ4n) is 3.63. The zero-order valence-electron chi connectivity index (χ0n) is 16.5. The molecule has 0 aliphatic carbocycles. The maximum atomic E-state index is 12.6. The molecule has 1 fully saturated rings. The number of fused-ring (bicyclic) bond motifs is 1. The van der Waals surface area contributed by atoms with Crippen molar-refractivity contribution in [3.63, 3.8) is 0 Å². The van der Waals surface area contributed by atoms with Crippen LogP contribution in [0, 0.1) is 6.92 Å². The van der Waals surface area contributed by atoms with Crippen LogP contribution in [0.4, 0.5) is 0 Å². The van der Waals surface area contributed by atoms with Crippen molar-refractivity contribution in [2.24, 2.45) is 0 Å². The van der Waals surface area contributed by atoms with Gasteiger partial charge in [-0.25, -0.2) is 0 Å². The fraction of sp³-hybridized carbons (Fsp3) is 0.550. The molecule has 2 atom stereocenters. The van der Waals surface area contributed by atoms with Gasteiger partial charge < -0.3 is 25.0 Å². The molecule has 0 saturated carbocycles. The van der Waals surface area contributed by atoms with Crippen molar-refractivity contribution in [3.8, 4) is 5.75 Å². The van der Waals surface area contributed by atoms with Gasteiger partial charge in [-0.15, -0.1) is 0 Å². The number of likely N-dealkylation sites (tertiary alicyclic amines) is 1. The average molecular weight is 389 g/mol. The second-order valence-electron chi connectivity index (χ2n) is 7.54. The zero-order valence-corrected chi connectivity index (χ0v) is 16.5. The molecule has 0 aromatic heterocycles. The van der Waals surface area contributed by atoms with E-state index in [-0.39, 0.29) is 36.7 Å². The van der Waals surface area contributed by atoms with Gasteiger partial charge >= 0.3 is 0 Å². The summed E-state index contributed by atoms with van der Waals surface area (Å²) >= 11 is 0. The van der Waals surface area contributed by atoms with Crippen molar-refractivity contribution in [2.45, 2.75) is 44.9 Å². The smallest absolute Gasteiger partial charge is 0.258 e. The van der Waals surface area contributed by atoms with Crippen LogP contribution in [0.15, 0.2) is 18.2 Å². The van der Waals surface area contributed by atoms with Gasteiger partial charge in [-0.05, 0) is 26.0 Å². The number of nitrogens with one attached hydrogen (secondary N) is 2. The van der Waals surface area contributed by atoms with Crippen LogP contribution in [0.1, 0.15) is 42.1 Å². The van der Waals surface area contributed by atoms with E-state index in [1.807, 2.05) is 19.9 Å². The van der Waals surface area contributed by atoms with Crippen LogP contribution in [0.3, 0.4) is 0 Å². The summed E-state index contributed by atoms with van der Waals surface area (Å²) in [5, 5.41) is 5.75. The number of hydrogen-bond acceptors (Lipinski definition) is 5. The van der Waals surface area contributed by atoms with E-state index in [2.05, 4.69) is 10.6 Å². The lowest BCUT2D eigenvalue weighted by atomic mass is 9.99. The molecule has 2 heterocycles. The Kier molecular flexibility index (Phi) is 5.88. The number of ether oxygens (including phenoxy) is 2. The normalized spacial score (nSPS) is 22.8. The van der Waals surface area contributed by atoms with Gasteiger partial charge in [0.2, 0.25) is 11.8 Å². The predicted octanol–water partition coefficient (Wildman–Crippen LogP) is 0.977. The van der Waals surface area contributed by atoms with E-state index >= 15 is 0 Å². The molecule has 8 nitrogen and oxygen atoms in total. The number of hydrogen-bond donors (Lipinski definition) is 2. The van der Waals surface area contributed by atoms with Crippen molar-refractivity contribution in [1.82, 2.24) is 15.5 Å². The van der Waals surface area contributed by atoms with Gasteiger partial charge in [-0.3, -0.25) is 14.4 Å². The maximum absolute atomic E-state index is 12.6. The van der Waals surface area contributed by atoms with Gasteiger partial charge in [0.05, 0.1) is 18.7 Å². The first-order chi connectivity index (χ1) is 13.3. The molecule has 1 aromatic carbocycles. The van der Waals surface area contributed by atoms with Crippen molar-refractivity contribution in [3.05, 3.63) is 29.3 Å². The number of rotatable bonds is 5. The molecule has 2 N–H and O–H groups in total. The molecule has 1 saturated heterocycles. The molecule has 2 aliphatic heterocycles. The third kappa shape index (κ3) is 4.44. The lowest BCUT2D eigenvalue weighted by Crippen LogP contribution is -2.56. The molecule has 1 spiro atoms. The molecule has 2 aliphatic rings. The second kappa shape index (κ2) is 8.18. The van der Waals surface area contributed by atoms with Crippen LogP contribution >= 0.6 is 0 Å². The molecule has 1 aromatic rings. The fourth-order valence-corrected chi connectivity index (χ4v) is 3.63. The highest BCUT2D eigenvalue weighted by atomic mass is 16.5. The van der Waals surface area contributed by atoms with Crippen molar-refractivity contribution < 1.29 is 23.9 Å². The van der Waals surface area contributed by atoms with Crippen LogP contribution < -0.4 is 15.4 Å². The van der Waals surface area contributed by atoms with Gasteiger partial charge in [-0.2, -0.15) is 0 Å². The Morgan fingerprint density at radius 3 is 2.93 bits per heavy atom. The average Bonchev–Trinajstić information content (AvgIpc) is 2.77. The Labute approximate surface area is 164 Å². The molecule has 3 rings (SSSR count). The first kappa shape index (κ1) is 20.1. The standard InChI is InChI=1S/C20H27N3O5/c1-13-4-5-16-15(10-13)19(26)22-20(28-16)7-6-18(25)23(9-8-20)11-17(24)21-14(2)12-27-3/h4-5,10,14H,6-9,11-12H2,1-3H3,(H,21,24)(H,22,26)/t14-,20+/m1/s1. The van der Waals surface area contributed by atoms with Crippen LogP contribution in [-0.2, 0) is 14.3 Å². The summed E-state index contributed by atoms with van der Waals surface area (Å²) in [6.07, 6.45) is 0.976. The van der Waals surface area contributed by atoms with Crippen LogP contribution in [0.5, 0.6) is 5.75 Å². The van der Waals surface area contributed by atoms with Gasteiger partial charge in [0, 0.05) is 39.0 Å². The SMILES string of the molecule is COC[C@@H](C)NC(=O)CN1CC[C@@]2(CCC1=O)NC(=O)c1cc(C)ccc1O2. The van der Waals surface area contributed by atoms with Gasteiger partial charge in [-0.1, -0.05) is 11.6 Å². The third-order valence-electron chi connectivity index (χ3n) is 5.07. The minimum Gasteiger partial charge on any atom is -0.467 e. The largest absolute Gasteiger partial charge is 0.467 e. The Morgan fingerprint density at radius 2 is 2.18 bits per heavy atom. The highest BCUT2D eigenvalue weighted by Crippen LogP contribution is 2.34. The molecular weight excluding hydrogens is 362 g/mol. The number of aryl methyl sites for hydroxylation is 1.